The van der Waals surface area contributed by atoms with Crippen molar-refractivity contribution in [2.24, 2.45) is 0 Å². The first-order valence-corrected chi connectivity index (χ1v) is 6.90. The molecule has 0 unspecified atom stereocenters. The van der Waals surface area contributed by atoms with Crippen LogP contribution >= 0.6 is 15.9 Å². The molecule has 94 valence electrons. The summed E-state index contributed by atoms with van der Waals surface area (Å²) in [6.07, 6.45) is 3.94. The third-order valence-electron chi connectivity index (χ3n) is 3.03. The second-order valence-electron chi connectivity index (χ2n) is 4.49. The van der Waals surface area contributed by atoms with Crippen molar-refractivity contribution in [1.82, 2.24) is 9.78 Å². The summed E-state index contributed by atoms with van der Waals surface area (Å²) in [5.74, 6) is 0. The molecule has 0 aliphatic heterocycles. The van der Waals surface area contributed by atoms with E-state index in [1.54, 1.807) is 0 Å². The Morgan fingerprint density at radius 1 is 1.05 bits per heavy atom. The van der Waals surface area contributed by atoms with E-state index in [4.69, 9.17) is 0 Å². The molecule has 0 radical (unpaired) electrons. The van der Waals surface area contributed by atoms with E-state index < -0.39 is 0 Å². The van der Waals surface area contributed by atoms with E-state index in [0.717, 1.165) is 21.3 Å². The van der Waals surface area contributed by atoms with E-state index in [1.807, 2.05) is 35.1 Å². The highest BCUT2D eigenvalue weighted by Gasteiger charge is 2.06. The van der Waals surface area contributed by atoms with Crippen molar-refractivity contribution < 1.29 is 0 Å². The fourth-order valence-corrected chi connectivity index (χ4v) is 2.58. The zero-order valence-electron chi connectivity index (χ0n) is 10.5. The molecule has 1 heterocycles. The number of hydrogen-bond acceptors (Lipinski definition) is 1. The van der Waals surface area contributed by atoms with Crippen LogP contribution in [0.4, 0.5) is 0 Å². The van der Waals surface area contributed by atoms with Crippen LogP contribution in [0.1, 0.15) is 5.56 Å². The number of rotatable bonds is 2. The lowest BCUT2D eigenvalue weighted by Gasteiger charge is -2.02. The minimum atomic E-state index is 1.08. The standard InChI is InChI=1S/C16H13BrN2/c1-12-5-4-6-14(9-12)19-11-13(10-18-19)15-7-2-3-8-16(15)17/h2-11H,1H3. The maximum atomic E-state index is 4.44. The molecule has 0 aliphatic rings. The van der Waals surface area contributed by atoms with Gasteiger partial charge in [0.05, 0.1) is 11.9 Å². The fourth-order valence-electron chi connectivity index (χ4n) is 2.07. The molecule has 3 rings (SSSR count). The summed E-state index contributed by atoms with van der Waals surface area (Å²) in [5, 5.41) is 4.44. The van der Waals surface area contributed by atoms with Gasteiger partial charge in [-0.15, -0.1) is 0 Å². The summed E-state index contributed by atoms with van der Waals surface area (Å²) in [5.41, 5.74) is 4.57. The number of nitrogens with zero attached hydrogens (tertiary/aromatic N) is 2. The van der Waals surface area contributed by atoms with Gasteiger partial charge in [0.15, 0.2) is 0 Å². The van der Waals surface area contributed by atoms with Gasteiger partial charge >= 0.3 is 0 Å². The molecular formula is C16H13BrN2. The molecule has 3 heteroatoms. The molecule has 0 amide bonds. The van der Waals surface area contributed by atoms with Crippen molar-refractivity contribution in [3.63, 3.8) is 0 Å². The predicted octanol–water partition coefficient (Wildman–Crippen LogP) is 4.61. The van der Waals surface area contributed by atoms with Crippen LogP contribution in [0.15, 0.2) is 65.4 Å². The largest absolute Gasteiger partial charge is 0.240 e. The highest BCUT2D eigenvalue weighted by Crippen LogP contribution is 2.28. The molecule has 0 spiro atoms. The number of aromatic nitrogens is 2. The summed E-state index contributed by atoms with van der Waals surface area (Å²) in [6.45, 7) is 2.09. The van der Waals surface area contributed by atoms with Gasteiger partial charge in [0.25, 0.3) is 0 Å². The van der Waals surface area contributed by atoms with Gasteiger partial charge < -0.3 is 0 Å². The SMILES string of the molecule is Cc1cccc(-n2cc(-c3ccccc3Br)cn2)c1. The molecule has 0 saturated carbocycles. The molecule has 0 atom stereocenters. The van der Waals surface area contributed by atoms with Gasteiger partial charge in [-0.05, 0) is 36.2 Å². The molecule has 0 saturated heterocycles. The van der Waals surface area contributed by atoms with Gasteiger partial charge in [0, 0.05) is 16.2 Å². The number of benzene rings is 2. The molecule has 0 bridgehead atoms. The van der Waals surface area contributed by atoms with Crippen molar-refractivity contribution in [3.8, 4) is 16.8 Å². The molecule has 2 aromatic carbocycles. The first kappa shape index (κ1) is 12.2. The Bertz CT molecular complexity index is 716. The van der Waals surface area contributed by atoms with Crippen LogP contribution in [0.5, 0.6) is 0 Å². The monoisotopic (exact) mass is 312 g/mol. The molecule has 0 aliphatic carbocycles. The lowest BCUT2D eigenvalue weighted by molar-refractivity contribution is 0.879. The van der Waals surface area contributed by atoms with Gasteiger partial charge in [-0.25, -0.2) is 4.68 Å². The van der Waals surface area contributed by atoms with Crippen molar-refractivity contribution in [2.75, 3.05) is 0 Å². The van der Waals surface area contributed by atoms with Gasteiger partial charge in [-0.3, -0.25) is 0 Å². The normalized spacial score (nSPS) is 10.6. The average Bonchev–Trinajstić information content (AvgIpc) is 2.89. The van der Waals surface area contributed by atoms with E-state index in [9.17, 15) is 0 Å². The van der Waals surface area contributed by atoms with Crippen LogP contribution in [0.3, 0.4) is 0 Å². The fraction of sp³-hybridized carbons (Fsp3) is 0.0625. The van der Waals surface area contributed by atoms with Crippen molar-refractivity contribution in [1.29, 1.82) is 0 Å². The quantitative estimate of drug-likeness (QED) is 0.675. The van der Waals surface area contributed by atoms with E-state index in [2.05, 4.69) is 58.4 Å². The van der Waals surface area contributed by atoms with Crippen molar-refractivity contribution >= 4 is 15.9 Å². The van der Waals surface area contributed by atoms with Gasteiger partial charge in [0.1, 0.15) is 0 Å². The molecule has 19 heavy (non-hydrogen) atoms. The molecule has 0 fully saturated rings. The third-order valence-corrected chi connectivity index (χ3v) is 3.73. The number of hydrogen-bond donors (Lipinski definition) is 0. The number of aryl methyl sites for hydroxylation is 1. The Labute approximate surface area is 120 Å². The topological polar surface area (TPSA) is 17.8 Å². The maximum absolute atomic E-state index is 4.44. The zero-order chi connectivity index (χ0) is 13.2. The molecular weight excluding hydrogens is 300 g/mol. The first-order chi connectivity index (χ1) is 9.24. The van der Waals surface area contributed by atoms with Gasteiger partial charge in [-0.1, -0.05) is 46.3 Å². The van der Waals surface area contributed by atoms with Crippen LogP contribution in [0.2, 0.25) is 0 Å². The Kier molecular flexibility index (Phi) is 3.22. The van der Waals surface area contributed by atoms with Crippen LogP contribution in [-0.4, -0.2) is 9.78 Å². The third kappa shape index (κ3) is 2.47. The Balaban J connectivity index is 2.03. The van der Waals surface area contributed by atoms with E-state index in [0.29, 0.717) is 0 Å². The Hall–Kier alpha value is -1.87. The minimum absolute atomic E-state index is 1.08. The van der Waals surface area contributed by atoms with E-state index in [-0.39, 0.29) is 0 Å². The number of halogens is 1. The van der Waals surface area contributed by atoms with Crippen molar-refractivity contribution in [3.05, 3.63) is 71.0 Å². The van der Waals surface area contributed by atoms with Gasteiger partial charge in [0.2, 0.25) is 0 Å². The lowest BCUT2D eigenvalue weighted by Crippen LogP contribution is -1.93. The highest BCUT2D eigenvalue weighted by atomic mass is 79.9. The Morgan fingerprint density at radius 3 is 2.68 bits per heavy atom. The first-order valence-electron chi connectivity index (χ1n) is 6.11. The molecule has 1 aromatic heterocycles. The van der Waals surface area contributed by atoms with Crippen molar-refractivity contribution in [2.45, 2.75) is 6.92 Å². The van der Waals surface area contributed by atoms with E-state index >= 15 is 0 Å². The second kappa shape index (κ2) is 5.02. The van der Waals surface area contributed by atoms with Crippen LogP contribution < -0.4 is 0 Å². The summed E-state index contributed by atoms with van der Waals surface area (Å²) < 4.78 is 2.99. The summed E-state index contributed by atoms with van der Waals surface area (Å²) in [6, 6.07) is 16.5. The molecule has 0 N–H and O–H groups in total. The lowest BCUT2D eigenvalue weighted by atomic mass is 10.1. The van der Waals surface area contributed by atoms with E-state index in [1.165, 1.54) is 5.56 Å². The second-order valence-corrected chi connectivity index (χ2v) is 5.35. The average molecular weight is 313 g/mol. The Morgan fingerprint density at radius 2 is 1.89 bits per heavy atom. The minimum Gasteiger partial charge on any atom is -0.240 e. The highest BCUT2D eigenvalue weighted by molar-refractivity contribution is 9.10. The smallest absolute Gasteiger partial charge is 0.0648 e. The summed E-state index contributed by atoms with van der Waals surface area (Å²) >= 11 is 3.57. The molecule has 2 nitrogen and oxygen atoms in total. The van der Waals surface area contributed by atoms with Crippen LogP contribution in [0, 0.1) is 6.92 Å². The summed E-state index contributed by atoms with van der Waals surface area (Å²) in [7, 11) is 0. The predicted molar refractivity (Wildman–Crippen MR) is 81.4 cm³/mol. The maximum Gasteiger partial charge on any atom is 0.0648 e. The summed E-state index contributed by atoms with van der Waals surface area (Å²) in [4.78, 5) is 0. The van der Waals surface area contributed by atoms with Crippen LogP contribution in [0.25, 0.3) is 16.8 Å². The van der Waals surface area contributed by atoms with Crippen LogP contribution in [-0.2, 0) is 0 Å². The van der Waals surface area contributed by atoms with Gasteiger partial charge in [-0.2, -0.15) is 5.10 Å². The zero-order valence-corrected chi connectivity index (χ0v) is 12.1. The molecule has 3 aromatic rings.